The number of nitrogens with one attached hydrogen (secondary N) is 1. The van der Waals surface area contributed by atoms with E-state index in [-0.39, 0.29) is 5.91 Å². The number of aromatic amines is 1. The maximum Gasteiger partial charge on any atom is 0.289 e. The first-order valence-corrected chi connectivity index (χ1v) is 8.24. The van der Waals surface area contributed by atoms with Gasteiger partial charge < -0.3 is 19.7 Å². The maximum absolute atomic E-state index is 12.7. The van der Waals surface area contributed by atoms with Gasteiger partial charge in [-0.25, -0.2) is 4.98 Å². The number of piperidine rings is 1. The Labute approximate surface area is 134 Å². The van der Waals surface area contributed by atoms with Crippen molar-refractivity contribution in [2.45, 2.75) is 37.4 Å². The van der Waals surface area contributed by atoms with Gasteiger partial charge in [0.25, 0.3) is 5.91 Å². The molecule has 0 aliphatic carbocycles. The largest absolute Gasteiger partial charge is 0.390 e. The number of imidazole rings is 1. The molecule has 23 heavy (non-hydrogen) atoms. The van der Waals surface area contributed by atoms with Gasteiger partial charge in [-0.1, -0.05) is 12.1 Å². The van der Waals surface area contributed by atoms with Gasteiger partial charge in [-0.3, -0.25) is 4.79 Å². The predicted molar refractivity (Wildman–Crippen MR) is 85.2 cm³/mol. The minimum atomic E-state index is -0.455. The molecule has 1 amide bonds. The Hall–Kier alpha value is -1.92. The second-order valence-electron chi connectivity index (χ2n) is 6.47. The molecule has 0 saturated carbocycles. The molecule has 0 unspecified atom stereocenters. The lowest BCUT2D eigenvalue weighted by molar-refractivity contribution is -0.174. The van der Waals surface area contributed by atoms with E-state index >= 15 is 0 Å². The fourth-order valence-corrected chi connectivity index (χ4v) is 3.68. The van der Waals surface area contributed by atoms with Crippen LogP contribution in [-0.2, 0) is 4.74 Å². The standard InChI is InChI=1S/C17H21N3O3/c21-14-6-3-11-23-17(14)7-9-20(10-8-17)16(22)15-18-12-4-1-2-5-13(12)19-15/h1-2,4-5,14,21H,3,6-11H2,(H,18,19)/t14-/m0/s1. The Morgan fingerprint density at radius 1 is 1.35 bits per heavy atom. The number of para-hydroxylation sites is 2. The molecular formula is C17H21N3O3. The zero-order valence-electron chi connectivity index (χ0n) is 13.0. The van der Waals surface area contributed by atoms with Gasteiger partial charge in [0, 0.05) is 19.7 Å². The van der Waals surface area contributed by atoms with Crippen molar-refractivity contribution in [3.8, 4) is 0 Å². The lowest BCUT2D eigenvalue weighted by Gasteiger charge is -2.46. The van der Waals surface area contributed by atoms with Crippen molar-refractivity contribution in [1.29, 1.82) is 0 Å². The highest BCUT2D eigenvalue weighted by atomic mass is 16.5. The summed E-state index contributed by atoms with van der Waals surface area (Å²) >= 11 is 0. The number of ether oxygens (including phenoxy) is 1. The average Bonchev–Trinajstić information content (AvgIpc) is 3.02. The smallest absolute Gasteiger partial charge is 0.289 e. The average molecular weight is 315 g/mol. The number of H-pyrrole nitrogens is 1. The van der Waals surface area contributed by atoms with Crippen molar-refractivity contribution in [3.05, 3.63) is 30.1 Å². The highest BCUT2D eigenvalue weighted by Crippen LogP contribution is 2.35. The Bertz CT molecular complexity index is 686. The Balaban J connectivity index is 1.48. The van der Waals surface area contributed by atoms with Crippen LogP contribution in [0.15, 0.2) is 24.3 Å². The number of fused-ring (bicyclic) bond motifs is 1. The molecule has 2 aliphatic rings. The normalized spacial score (nSPS) is 24.2. The number of likely N-dealkylation sites (tertiary alicyclic amines) is 1. The fourth-order valence-electron chi connectivity index (χ4n) is 3.68. The molecule has 4 rings (SSSR count). The van der Waals surface area contributed by atoms with Crippen LogP contribution in [0.4, 0.5) is 0 Å². The van der Waals surface area contributed by atoms with Crippen LogP contribution in [0, 0.1) is 0 Å². The minimum Gasteiger partial charge on any atom is -0.390 e. The van der Waals surface area contributed by atoms with Gasteiger partial charge in [-0.2, -0.15) is 0 Å². The van der Waals surface area contributed by atoms with Gasteiger partial charge in [0.1, 0.15) is 0 Å². The Morgan fingerprint density at radius 2 is 2.13 bits per heavy atom. The summed E-state index contributed by atoms with van der Waals surface area (Å²) in [6, 6.07) is 7.63. The van der Waals surface area contributed by atoms with Crippen molar-refractivity contribution < 1.29 is 14.6 Å². The van der Waals surface area contributed by atoms with Crippen LogP contribution >= 0.6 is 0 Å². The zero-order valence-corrected chi connectivity index (χ0v) is 13.0. The molecule has 6 heteroatoms. The predicted octanol–water partition coefficient (Wildman–Crippen LogP) is 1.71. The van der Waals surface area contributed by atoms with E-state index in [9.17, 15) is 9.90 Å². The molecule has 2 N–H and O–H groups in total. The second-order valence-corrected chi connectivity index (χ2v) is 6.47. The highest BCUT2D eigenvalue weighted by molar-refractivity contribution is 5.94. The summed E-state index contributed by atoms with van der Waals surface area (Å²) in [5.74, 6) is 0.300. The van der Waals surface area contributed by atoms with Crippen molar-refractivity contribution in [3.63, 3.8) is 0 Å². The quantitative estimate of drug-likeness (QED) is 0.840. The van der Waals surface area contributed by atoms with E-state index in [1.54, 1.807) is 4.90 Å². The third-order valence-corrected chi connectivity index (χ3v) is 5.11. The van der Waals surface area contributed by atoms with Crippen molar-refractivity contribution in [1.82, 2.24) is 14.9 Å². The van der Waals surface area contributed by atoms with E-state index in [0.717, 1.165) is 23.9 Å². The van der Waals surface area contributed by atoms with Crippen LogP contribution < -0.4 is 0 Å². The number of nitrogens with zero attached hydrogens (tertiary/aromatic N) is 2. The third kappa shape index (κ3) is 2.52. The Morgan fingerprint density at radius 3 is 2.87 bits per heavy atom. The number of hydrogen-bond acceptors (Lipinski definition) is 4. The number of aliphatic hydroxyl groups excluding tert-OH is 1. The molecule has 0 radical (unpaired) electrons. The highest BCUT2D eigenvalue weighted by Gasteiger charge is 2.44. The van der Waals surface area contributed by atoms with E-state index in [0.29, 0.717) is 38.4 Å². The molecule has 2 aromatic rings. The lowest BCUT2D eigenvalue weighted by atomic mass is 9.82. The molecule has 1 spiro atoms. The summed E-state index contributed by atoms with van der Waals surface area (Å²) in [7, 11) is 0. The number of benzene rings is 1. The SMILES string of the molecule is O=C(c1nc2ccccc2[nH]1)N1CCC2(CC1)OCCC[C@@H]2O. The summed E-state index contributed by atoms with van der Waals surface area (Å²) in [5.41, 5.74) is 1.22. The summed E-state index contributed by atoms with van der Waals surface area (Å²) in [4.78, 5) is 21.9. The van der Waals surface area contributed by atoms with E-state index < -0.39 is 11.7 Å². The number of amides is 1. The van der Waals surface area contributed by atoms with E-state index in [4.69, 9.17) is 4.74 Å². The van der Waals surface area contributed by atoms with Crippen molar-refractivity contribution in [2.75, 3.05) is 19.7 Å². The number of aliphatic hydroxyl groups is 1. The molecular weight excluding hydrogens is 294 g/mol. The lowest BCUT2D eigenvalue weighted by Crippen LogP contribution is -2.56. The van der Waals surface area contributed by atoms with Crippen LogP contribution in [0.25, 0.3) is 11.0 Å². The molecule has 1 aromatic carbocycles. The van der Waals surface area contributed by atoms with E-state index in [2.05, 4.69) is 9.97 Å². The van der Waals surface area contributed by atoms with Crippen LogP contribution in [-0.4, -0.2) is 57.3 Å². The molecule has 1 aromatic heterocycles. The van der Waals surface area contributed by atoms with Gasteiger partial charge in [0.2, 0.25) is 0 Å². The van der Waals surface area contributed by atoms with Crippen LogP contribution in [0.3, 0.4) is 0 Å². The minimum absolute atomic E-state index is 0.0821. The van der Waals surface area contributed by atoms with Gasteiger partial charge in [0.05, 0.1) is 22.7 Å². The van der Waals surface area contributed by atoms with E-state index in [1.165, 1.54) is 0 Å². The van der Waals surface area contributed by atoms with Crippen LogP contribution in [0.1, 0.15) is 36.3 Å². The fraction of sp³-hybridized carbons (Fsp3) is 0.529. The monoisotopic (exact) mass is 315 g/mol. The molecule has 3 heterocycles. The molecule has 6 nitrogen and oxygen atoms in total. The molecule has 1 atom stereocenters. The van der Waals surface area contributed by atoms with Crippen molar-refractivity contribution in [2.24, 2.45) is 0 Å². The first-order valence-electron chi connectivity index (χ1n) is 8.24. The second kappa shape index (κ2) is 5.62. The topological polar surface area (TPSA) is 78.5 Å². The first kappa shape index (κ1) is 14.7. The third-order valence-electron chi connectivity index (χ3n) is 5.11. The van der Waals surface area contributed by atoms with Gasteiger partial charge in [-0.15, -0.1) is 0 Å². The Kier molecular flexibility index (Phi) is 3.58. The number of carbonyl (C=O) groups is 1. The van der Waals surface area contributed by atoms with Crippen LogP contribution in [0.2, 0.25) is 0 Å². The number of hydrogen-bond donors (Lipinski definition) is 2. The first-order chi connectivity index (χ1) is 11.2. The number of carbonyl (C=O) groups excluding carboxylic acids is 1. The number of aromatic nitrogens is 2. The van der Waals surface area contributed by atoms with Gasteiger partial charge in [0.15, 0.2) is 5.82 Å². The summed E-state index contributed by atoms with van der Waals surface area (Å²) in [6.07, 6.45) is 2.64. The summed E-state index contributed by atoms with van der Waals surface area (Å²) < 4.78 is 5.89. The van der Waals surface area contributed by atoms with Gasteiger partial charge in [-0.05, 0) is 37.8 Å². The molecule has 2 fully saturated rings. The van der Waals surface area contributed by atoms with Gasteiger partial charge >= 0.3 is 0 Å². The summed E-state index contributed by atoms with van der Waals surface area (Å²) in [6.45, 7) is 1.88. The van der Waals surface area contributed by atoms with Crippen LogP contribution in [0.5, 0.6) is 0 Å². The molecule has 2 aliphatic heterocycles. The number of rotatable bonds is 1. The van der Waals surface area contributed by atoms with E-state index in [1.807, 2.05) is 24.3 Å². The molecule has 122 valence electrons. The molecule has 0 bridgehead atoms. The molecule has 2 saturated heterocycles. The van der Waals surface area contributed by atoms with Crippen molar-refractivity contribution >= 4 is 16.9 Å². The zero-order chi connectivity index (χ0) is 15.9. The summed E-state index contributed by atoms with van der Waals surface area (Å²) in [5, 5.41) is 10.3. The maximum atomic E-state index is 12.7.